The average molecular weight is 317 g/mol. The van der Waals surface area contributed by atoms with Gasteiger partial charge in [-0.25, -0.2) is 4.57 Å². The average Bonchev–Trinajstić information content (AvgIpc) is 2.91. The number of likely N-dealkylation sites (N-methyl/N-ethyl adjacent to an activating group) is 1. The van der Waals surface area contributed by atoms with E-state index in [2.05, 4.69) is 42.6 Å². The molecule has 0 aromatic heterocycles. The van der Waals surface area contributed by atoms with Crippen LogP contribution in [0.3, 0.4) is 0 Å². The van der Waals surface area contributed by atoms with Gasteiger partial charge in [0.05, 0.1) is 6.10 Å². The van der Waals surface area contributed by atoms with Gasteiger partial charge in [0.25, 0.3) is 0 Å². The van der Waals surface area contributed by atoms with Crippen LogP contribution < -0.4 is 5.32 Å². The van der Waals surface area contributed by atoms with E-state index in [1.54, 1.807) is 0 Å². The lowest BCUT2D eigenvalue weighted by Crippen LogP contribution is -2.41. The second-order valence-electron chi connectivity index (χ2n) is 4.92. The van der Waals surface area contributed by atoms with Gasteiger partial charge in [-0.05, 0) is 31.4 Å². The van der Waals surface area contributed by atoms with Gasteiger partial charge in [-0.1, -0.05) is 37.3 Å². The fraction of sp³-hybridized carbons (Fsp3) is 0.571. The van der Waals surface area contributed by atoms with Crippen LogP contribution in [0.15, 0.2) is 30.3 Å². The molecule has 1 aliphatic heterocycles. The van der Waals surface area contributed by atoms with Crippen LogP contribution in [0.5, 0.6) is 0 Å². The van der Waals surface area contributed by atoms with Gasteiger partial charge in [-0.2, -0.15) is 0 Å². The van der Waals surface area contributed by atoms with Crippen LogP contribution in [0.25, 0.3) is 0 Å². The Hall–Kier alpha value is -0.750. The molecule has 1 heterocycles. The highest BCUT2D eigenvalue weighted by atomic mass is 31.2. The quantitative estimate of drug-likeness (QED) is 0.614. The molecule has 2 rings (SSSR count). The van der Waals surface area contributed by atoms with E-state index in [0.717, 1.165) is 19.6 Å². The van der Waals surface area contributed by atoms with E-state index in [1.807, 2.05) is 0 Å². The Labute approximate surface area is 125 Å². The first-order valence-electron chi connectivity index (χ1n) is 7.07. The summed E-state index contributed by atoms with van der Waals surface area (Å²) in [5.74, 6) is 0. The van der Waals surface area contributed by atoms with Crippen molar-refractivity contribution in [1.29, 1.82) is 0 Å². The Balaban J connectivity index is 0.000000383. The third-order valence-corrected chi connectivity index (χ3v) is 3.18. The van der Waals surface area contributed by atoms with E-state index in [0.29, 0.717) is 12.1 Å². The maximum absolute atomic E-state index is 8.88. The Morgan fingerprint density at radius 2 is 1.95 bits per heavy atom. The van der Waals surface area contributed by atoms with Gasteiger partial charge in [0.2, 0.25) is 0 Å². The molecule has 7 heteroatoms. The fourth-order valence-electron chi connectivity index (χ4n) is 2.39. The number of hydrogen-bond acceptors (Lipinski definition) is 3. The Kier molecular flexibility index (Phi) is 8.11. The summed E-state index contributed by atoms with van der Waals surface area (Å²) >= 11 is 0. The summed E-state index contributed by atoms with van der Waals surface area (Å²) < 4.78 is 14.7. The summed E-state index contributed by atoms with van der Waals surface area (Å²) in [6.07, 6.45) is 3.88. The molecule has 1 aromatic carbocycles. The minimum atomic E-state index is -4.64. The van der Waals surface area contributed by atoms with Crippen LogP contribution in [0.1, 0.15) is 25.3 Å². The number of ether oxygens (including phenoxy) is 1. The van der Waals surface area contributed by atoms with Gasteiger partial charge < -0.3 is 24.7 Å². The molecule has 2 atom stereocenters. The van der Waals surface area contributed by atoms with Crippen LogP contribution >= 0.6 is 7.82 Å². The van der Waals surface area contributed by atoms with Gasteiger partial charge in [0, 0.05) is 12.6 Å². The molecule has 0 aliphatic carbocycles. The molecule has 21 heavy (non-hydrogen) atoms. The van der Waals surface area contributed by atoms with Crippen LogP contribution in [0.2, 0.25) is 0 Å². The zero-order valence-corrected chi connectivity index (χ0v) is 13.1. The summed E-state index contributed by atoms with van der Waals surface area (Å²) in [4.78, 5) is 21.6. The number of benzene rings is 1. The molecule has 0 bridgehead atoms. The van der Waals surface area contributed by atoms with E-state index >= 15 is 0 Å². The van der Waals surface area contributed by atoms with Crippen LogP contribution in [0, 0.1) is 0 Å². The van der Waals surface area contributed by atoms with Gasteiger partial charge >= 0.3 is 7.82 Å². The molecule has 6 nitrogen and oxygen atoms in total. The number of hydrogen-bond donors (Lipinski definition) is 4. The Morgan fingerprint density at radius 3 is 2.43 bits per heavy atom. The highest BCUT2D eigenvalue weighted by Crippen LogP contribution is 2.25. The minimum absolute atomic E-state index is 0.403. The Bertz CT molecular complexity index is 422. The van der Waals surface area contributed by atoms with Gasteiger partial charge in [-0.15, -0.1) is 0 Å². The second-order valence-corrected chi connectivity index (χ2v) is 5.95. The van der Waals surface area contributed by atoms with E-state index in [9.17, 15) is 0 Å². The highest BCUT2D eigenvalue weighted by Gasteiger charge is 2.25. The lowest BCUT2D eigenvalue weighted by atomic mass is 9.99. The van der Waals surface area contributed by atoms with Gasteiger partial charge in [0.15, 0.2) is 0 Å². The normalized spacial score (nSPS) is 19.7. The third-order valence-electron chi connectivity index (χ3n) is 3.18. The summed E-state index contributed by atoms with van der Waals surface area (Å²) in [7, 11) is -4.64. The molecule has 1 fully saturated rings. The molecular formula is C14H24NO5P. The van der Waals surface area contributed by atoms with Crippen molar-refractivity contribution in [1.82, 2.24) is 5.32 Å². The van der Waals surface area contributed by atoms with Crippen molar-refractivity contribution in [2.75, 3.05) is 13.2 Å². The summed E-state index contributed by atoms with van der Waals surface area (Å²) in [5.41, 5.74) is 1.39. The van der Waals surface area contributed by atoms with Crippen LogP contribution in [0.4, 0.5) is 0 Å². The first-order valence-corrected chi connectivity index (χ1v) is 8.64. The predicted molar refractivity (Wildman–Crippen MR) is 80.8 cm³/mol. The zero-order valence-electron chi connectivity index (χ0n) is 12.2. The topological polar surface area (TPSA) is 99.0 Å². The van der Waals surface area contributed by atoms with Gasteiger partial charge in [0.1, 0.15) is 0 Å². The van der Waals surface area contributed by atoms with Crippen molar-refractivity contribution in [3.8, 4) is 0 Å². The Morgan fingerprint density at radius 1 is 1.33 bits per heavy atom. The number of phosphoric acid groups is 1. The zero-order chi connectivity index (χ0) is 15.7. The van der Waals surface area contributed by atoms with Crippen molar-refractivity contribution in [2.45, 2.75) is 38.3 Å². The number of nitrogens with one attached hydrogen (secondary N) is 1. The first-order chi connectivity index (χ1) is 9.90. The molecule has 1 aliphatic rings. The summed E-state index contributed by atoms with van der Waals surface area (Å²) in [6.45, 7) is 4.10. The predicted octanol–water partition coefficient (Wildman–Crippen LogP) is 1.46. The molecule has 0 unspecified atom stereocenters. The first kappa shape index (κ1) is 18.3. The standard InChI is InChI=1S/C14H21NO.H3O4P/c1-2-15-13(14-9-6-10-16-14)11-12-7-4-3-5-8-12;1-5(2,3)4/h3-5,7-8,13-15H,2,6,9-11H2,1H3;(H3,1,2,3,4)/t13-,14-;/m1./s1. The minimum Gasteiger partial charge on any atom is -0.377 e. The maximum atomic E-state index is 8.88. The lowest BCUT2D eigenvalue weighted by Gasteiger charge is -2.23. The molecule has 120 valence electrons. The van der Waals surface area contributed by atoms with Crippen LogP contribution in [-0.2, 0) is 15.7 Å². The third kappa shape index (κ3) is 8.98. The van der Waals surface area contributed by atoms with E-state index < -0.39 is 7.82 Å². The fourth-order valence-corrected chi connectivity index (χ4v) is 2.39. The second kappa shape index (κ2) is 9.30. The van der Waals surface area contributed by atoms with Crippen LogP contribution in [-0.4, -0.2) is 40.0 Å². The van der Waals surface area contributed by atoms with Crippen molar-refractivity contribution in [2.24, 2.45) is 0 Å². The van der Waals surface area contributed by atoms with E-state index in [4.69, 9.17) is 24.0 Å². The van der Waals surface area contributed by atoms with Crippen molar-refractivity contribution >= 4 is 7.82 Å². The largest absolute Gasteiger partial charge is 0.466 e. The van der Waals surface area contributed by atoms with Crippen molar-refractivity contribution in [3.63, 3.8) is 0 Å². The summed E-state index contributed by atoms with van der Waals surface area (Å²) in [5, 5.41) is 3.55. The van der Waals surface area contributed by atoms with Crippen molar-refractivity contribution in [3.05, 3.63) is 35.9 Å². The SMILES string of the molecule is CCN[C@H](Cc1ccccc1)[C@H]1CCCO1.O=P(O)(O)O. The molecule has 1 aromatic rings. The molecule has 0 saturated carbocycles. The summed E-state index contributed by atoms with van der Waals surface area (Å²) in [6, 6.07) is 11.1. The molecular weight excluding hydrogens is 293 g/mol. The maximum Gasteiger partial charge on any atom is 0.466 e. The monoisotopic (exact) mass is 317 g/mol. The number of rotatable bonds is 5. The molecule has 1 saturated heterocycles. The van der Waals surface area contributed by atoms with E-state index in [1.165, 1.54) is 18.4 Å². The highest BCUT2D eigenvalue weighted by molar-refractivity contribution is 7.45. The van der Waals surface area contributed by atoms with Crippen molar-refractivity contribution < 1.29 is 24.0 Å². The molecule has 0 spiro atoms. The lowest BCUT2D eigenvalue weighted by molar-refractivity contribution is 0.0789. The smallest absolute Gasteiger partial charge is 0.377 e. The van der Waals surface area contributed by atoms with Gasteiger partial charge in [-0.3, -0.25) is 0 Å². The molecule has 0 radical (unpaired) electrons. The van der Waals surface area contributed by atoms with E-state index in [-0.39, 0.29) is 0 Å². The molecule has 4 N–H and O–H groups in total. The molecule has 0 amide bonds.